The number of amides is 1. The number of ether oxygens (including phenoxy) is 1. The minimum absolute atomic E-state index is 0.165. The van der Waals surface area contributed by atoms with Gasteiger partial charge >= 0.3 is 0 Å². The number of imidazole rings is 1. The van der Waals surface area contributed by atoms with Crippen molar-refractivity contribution in [1.82, 2.24) is 44.8 Å². The molecule has 4 aromatic heterocycles. The molecule has 0 aromatic carbocycles. The van der Waals surface area contributed by atoms with Gasteiger partial charge in [0.05, 0.1) is 18.2 Å². The molecule has 13 nitrogen and oxygen atoms in total. The van der Waals surface area contributed by atoms with E-state index < -0.39 is 18.4 Å². The fourth-order valence-electron chi connectivity index (χ4n) is 3.71. The predicted octanol–water partition coefficient (Wildman–Crippen LogP) is 0.295. The van der Waals surface area contributed by atoms with Gasteiger partial charge in [-0.3, -0.25) is 14.3 Å². The van der Waals surface area contributed by atoms with Gasteiger partial charge < -0.3 is 20.5 Å². The Morgan fingerprint density at radius 1 is 1.27 bits per heavy atom. The number of rotatable bonds is 6. The number of hydrogen-bond acceptors (Lipinski definition) is 10. The van der Waals surface area contributed by atoms with Crippen LogP contribution in [-0.2, 0) is 9.53 Å². The Balaban J connectivity index is 1.56. The molecule has 3 N–H and O–H groups in total. The van der Waals surface area contributed by atoms with Crippen LogP contribution >= 0.6 is 0 Å². The number of likely N-dealkylation sites (N-methyl/N-ethyl adjacent to an activating group) is 1. The maximum atomic E-state index is 12.0. The van der Waals surface area contributed by atoms with Gasteiger partial charge in [0, 0.05) is 26.2 Å². The Kier molecular flexibility index (Phi) is 5.40. The number of aromatic nitrogens is 8. The lowest BCUT2D eigenvalue weighted by Gasteiger charge is -2.17. The highest BCUT2D eigenvalue weighted by atomic mass is 16.5. The van der Waals surface area contributed by atoms with Gasteiger partial charge in [-0.2, -0.15) is 14.6 Å². The number of aliphatic hydroxyl groups excluding tert-OH is 1. The molecule has 5 heterocycles. The SMILES string of the molecule is CCNc1nc(-n2cc(-c3ccccn3)nn2)nc2c1ncn2[C@@H]1O[C@H](C(=O)NC)C[C@H]1O. The maximum Gasteiger partial charge on any atom is 0.256 e. The van der Waals surface area contributed by atoms with Crippen LogP contribution in [0.4, 0.5) is 5.82 Å². The molecule has 170 valence electrons. The zero-order chi connectivity index (χ0) is 22.9. The normalized spacial score (nSPS) is 20.3. The van der Waals surface area contributed by atoms with E-state index in [0.717, 1.165) is 0 Å². The number of fused-ring (bicyclic) bond motifs is 1. The van der Waals surface area contributed by atoms with Crippen molar-refractivity contribution in [1.29, 1.82) is 0 Å². The highest BCUT2D eigenvalue weighted by Gasteiger charge is 2.39. The topological polar surface area (TPSA) is 158 Å². The summed E-state index contributed by atoms with van der Waals surface area (Å²) in [4.78, 5) is 29.9. The molecule has 1 aliphatic rings. The highest BCUT2D eigenvalue weighted by molar-refractivity contribution is 5.84. The van der Waals surface area contributed by atoms with Gasteiger partial charge in [-0.25, -0.2) is 4.98 Å². The molecule has 3 atom stereocenters. The van der Waals surface area contributed by atoms with E-state index in [1.807, 2.05) is 25.1 Å². The smallest absolute Gasteiger partial charge is 0.256 e. The Morgan fingerprint density at radius 3 is 2.91 bits per heavy atom. The Hall–Kier alpha value is -3.97. The second kappa shape index (κ2) is 8.52. The van der Waals surface area contributed by atoms with Crippen molar-refractivity contribution in [2.45, 2.75) is 31.8 Å². The van der Waals surface area contributed by atoms with E-state index in [0.29, 0.717) is 34.9 Å². The summed E-state index contributed by atoms with van der Waals surface area (Å²) in [5.74, 6) is 0.459. The van der Waals surface area contributed by atoms with Crippen molar-refractivity contribution in [3.63, 3.8) is 0 Å². The lowest BCUT2D eigenvalue weighted by molar-refractivity contribution is -0.134. The summed E-state index contributed by atoms with van der Waals surface area (Å²) >= 11 is 0. The second-order valence-corrected chi connectivity index (χ2v) is 7.42. The zero-order valence-corrected chi connectivity index (χ0v) is 18.0. The third kappa shape index (κ3) is 3.76. The lowest BCUT2D eigenvalue weighted by Crippen LogP contribution is -2.31. The monoisotopic (exact) mass is 450 g/mol. The molecule has 33 heavy (non-hydrogen) atoms. The fourth-order valence-corrected chi connectivity index (χ4v) is 3.71. The summed E-state index contributed by atoms with van der Waals surface area (Å²) in [7, 11) is 1.53. The summed E-state index contributed by atoms with van der Waals surface area (Å²) in [5, 5.41) is 24.6. The number of pyridine rings is 1. The Morgan fingerprint density at radius 2 is 2.15 bits per heavy atom. The molecule has 13 heteroatoms. The molecule has 1 saturated heterocycles. The summed E-state index contributed by atoms with van der Waals surface area (Å²) < 4.78 is 8.87. The number of nitrogens with one attached hydrogen (secondary N) is 2. The molecule has 5 rings (SSSR count). The summed E-state index contributed by atoms with van der Waals surface area (Å²) in [6.07, 6.45) is 2.55. The number of aliphatic hydroxyl groups is 1. The van der Waals surface area contributed by atoms with Crippen LogP contribution in [0.25, 0.3) is 28.5 Å². The molecule has 0 radical (unpaired) electrons. The summed E-state index contributed by atoms with van der Waals surface area (Å²) in [6, 6.07) is 5.52. The average molecular weight is 450 g/mol. The standard InChI is InChI=1S/C20H22N10O3/c1-3-22-16-15-17(29(10-24-15)19-13(31)8-14(33-19)18(32)21-2)26-20(25-16)30-9-12(27-28-30)11-6-4-5-7-23-11/h4-7,9-10,13-14,19,31H,3,8H2,1-2H3,(H,21,32)(H,22,25,26)/t13-,14+,19-/m1/s1. The molecule has 0 saturated carbocycles. The van der Waals surface area contributed by atoms with Gasteiger partial charge in [-0.1, -0.05) is 11.3 Å². The molecular formula is C20H22N10O3. The van der Waals surface area contributed by atoms with Crippen LogP contribution in [-0.4, -0.2) is 76.3 Å². The summed E-state index contributed by atoms with van der Waals surface area (Å²) in [5.41, 5.74) is 2.17. The lowest BCUT2D eigenvalue weighted by atomic mass is 10.2. The third-order valence-corrected chi connectivity index (χ3v) is 5.28. The van der Waals surface area contributed by atoms with E-state index in [-0.39, 0.29) is 18.3 Å². The van der Waals surface area contributed by atoms with Crippen LogP contribution in [0.5, 0.6) is 0 Å². The summed E-state index contributed by atoms with van der Waals surface area (Å²) in [6.45, 7) is 2.55. The van der Waals surface area contributed by atoms with Crippen LogP contribution in [0.1, 0.15) is 19.6 Å². The van der Waals surface area contributed by atoms with Crippen molar-refractivity contribution in [3.05, 3.63) is 36.9 Å². The van der Waals surface area contributed by atoms with Crippen molar-refractivity contribution >= 4 is 22.9 Å². The first kappa shape index (κ1) is 20.9. The Bertz CT molecular complexity index is 1290. The molecular weight excluding hydrogens is 428 g/mol. The van der Waals surface area contributed by atoms with Gasteiger partial charge in [0.2, 0.25) is 5.91 Å². The number of nitrogens with zero attached hydrogens (tertiary/aromatic N) is 8. The zero-order valence-electron chi connectivity index (χ0n) is 18.0. The van der Waals surface area contributed by atoms with Crippen molar-refractivity contribution < 1.29 is 14.6 Å². The molecule has 0 unspecified atom stereocenters. The Labute approximate surface area is 187 Å². The van der Waals surface area contributed by atoms with E-state index >= 15 is 0 Å². The molecule has 1 fully saturated rings. The van der Waals surface area contributed by atoms with E-state index in [4.69, 9.17) is 4.74 Å². The van der Waals surface area contributed by atoms with Crippen molar-refractivity contribution in [2.75, 3.05) is 18.9 Å². The molecule has 0 aliphatic carbocycles. The first-order valence-electron chi connectivity index (χ1n) is 10.5. The van der Waals surface area contributed by atoms with Crippen LogP contribution < -0.4 is 10.6 Å². The first-order chi connectivity index (χ1) is 16.1. The van der Waals surface area contributed by atoms with Crippen LogP contribution in [0, 0.1) is 0 Å². The highest BCUT2D eigenvalue weighted by Crippen LogP contribution is 2.32. The van der Waals surface area contributed by atoms with Gasteiger partial charge in [-0.05, 0) is 19.1 Å². The fraction of sp³-hybridized carbons (Fsp3) is 0.350. The van der Waals surface area contributed by atoms with E-state index in [9.17, 15) is 9.90 Å². The van der Waals surface area contributed by atoms with Gasteiger partial charge in [-0.15, -0.1) is 5.10 Å². The molecule has 1 aliphatic heterocycles. The van der Waals surface area contributed by atoms with E-state index in [1.54, 1.807) is 17.0 Å². The molecule has 1 amide bonds. The van der Waals surface area contributed by atoms with Gasteiger partial charge in [0.25, 0.3) is 5.95 Å². The average Bonchev–Trinajstić information content (AvgIpc) is 3.57. The number of carbonyl (C=O) groups is 1. The number of carbonyl (C=O) groups excluding carboxylic acids is 1. The first-order valence-corrected chi connectivity index (χ1v) is 10.5. The second-order valence-electron chi connectivity index (χ2n) is 7.42. The molecule has 0 bridgehead atoms. The predicted molar refractivity (Wildman–Crippen MR) is 116 cm³/mol. The van der Waals surface area contributed by atoms with Crippen LogP contribution in [0.15, 0.2) is 36.9 Å². The van der Waals surface area contributed by atoms with E-state index in [2.05, 4.69) is 40.9 Å². The molecule has 0 spiro atoms. The van der Waals surface area contributed by atoms with Crippen LogP contribution in [0.2, 0.25) is 0 Å². The molecule has 4 aromatic rings. The van der Waals surface area contributed by atoms with Gasteiger partial charge in [0.1, 0.15) is 17.9 Å². The maximum absolute atomic E-state index is 12.0. The number of anilines is 1. The van der Waals surface area contributed by atoms with Crippen molar-refractivity contribution in [2.24, 2.45) is 0 Å². The van der Waals surface area contributed by atoms with E-state index in [1.165, 1.54) is 18.1 Å². The quantitative estimate of drug-likeness (QED) is 0.373. The number of hydrogen-bond donors (Lipinski definition) is 3. The minimum Gasteiger partial charge on any atom is -0.388 e. The minimum atomic E-state index is -0.909. The largest absolute Gasteiger partial charge is 0.388 e. The third-order valence-electron chi connectivity index (χ3n) is 5.28. The van der Waals surface area contributed by atoms with Crippen molar-refractivity contribution in [3.8, 4) is 17.3 Å². The van der Waals surface area contributed by atoms with Gasteiger partial charge in [0.15, 0.2) is 23.2 Å². The van der Waals surface area contributed by atoms with Crippen LogP contribution in [0.3, 0.4) is 0 Å².